The van der Waals surface area contributed by atoms with Crippen LogP contribution in [0.2, 0.25) is 0 Å². The van der Waals surface area contributed by atoms with E-state index in [0.717, 1.165) is 18.2 Å². The summed E-state index contributed by atoms with van der Waals surface area (Å²) in [5.74, 6) is -8.91. The Balaban J connectivity index is 0.000000151. The van der Waals surface area contributed by atoms with Gasteiger partial charge in [0.25, 0.3) is 47.8 Å². The largest absolute Gasteiger partial charge is 0.333 e. The van der Waals surface area contributed by atoms with Crippen LogP contribution in [-0.2, 0) is 49.7 Å². The zero-order valence-electron chi connectivity index (χ0n) is 62.5. The van der Waals surface area contributed by atoms with Gasteiger partial charge in [-0.2, -0.15) is 0 Å². The zero-order chi connectivity index (χ0) is 82.3. The Morgan fingerprint density at radius 3 is 1.05 bits per heavy atom. The van der Waals surface area contributed by atoms with E-state index in [2.05, 4.69) is 34.0 Å². The molecule has 0 aliphatic carbocycles. The number of hydrogen-bond donors (Lipinski definition) is 3. The van der Waals surface area contributed by atoms with E-state index in [0.29, 0.717) is 144 Å². The smallest absolute Gasteiger partial charge is 0.264 e. The molecular formula is C84H76F8N12O9S3. The topological polar surface area (TPSA) is 248 Å². The molecule has 600 valence electrons. The predicted octanol–water partition coefficient (Wildman–Crippen LogP) is 14.3. The third-order valence-electron chi connectivity index (χ3n) is 20.0. The second-order valence-corrected chi connectivity index (χ2v) is 33.2. The highest BCUT2D eigenvalue weighted by atomic mass is 32.2. The summed E-state index contributed by atoms with van der Waals surface area (Å²) in [6, 6.07) is 50.4. The minimum atomic E-state index is -3.93. The van der Waals surface area contributed by atoms with E-state index in [9.17, 15) is 74.8 Å². The van der Waals surface area contributed by atoms with Gasteiger partial charge in [-0.05, 0) is 160 Å². The lowest BCUT2D eigenvalue weighted by Gasteiger charge is -2.40. The fourth-order valence-corrected chi connectivity index (χ4v) is 18.0. The second kappa shape index (κ2) is 35.1. The van der Waals surface area contributed by atoms with Crippen LogP contribution in [-0.4, -0.2) is 164 Å². The van der Waals surface area contributed by atoms with E-state index in [1.54, 1.807) is 142 Å². The number of sulfonamides is 3. The summed E-state index contributed by atoms with van der Waals surface area (Å²) in [4.78, 5) is 63.3. The number of piperazine rings is 3. The van der Waals surface area contributed by atoms with Crippen molar-refractivity contribution in [1.82, 2.24) is 44.4 Å². The van der Waals surface area contributed by atoms with Crippen molar-refractivity contribution in [3.63, 3.8) is 0 Å². The molecule has 0 saturated carbocycles. The number of fused-ring (bicyclic) bond motifs is 3. The highest BCUT2D eigenvalue weighted by molar-refractivity contribution is 7.93. The number of anilines is 3. The van der Waals surface area contributed by atoms with Crippen molar-refractivity contribution in [2.75, 3.05) is 73.1 Å². The minimum absolute atomic E-state index is 0.0516. The molecule has 0 bridgehead atoms. The molecule has 12 aromatic rings. The summed E-state index contributed by atoms with van der Waals surface area (Å²) in [7, 11) is -11.8. The van der Waals surface area contributed by atoms with E-state index in [-0.39, 0.29) is 74.7 Å². The van der Waals surface area contributed by atoms with Crippen molar-refractivity contribution in [2.45, 2.75) is 73.2 Å². The molecule has 32 heteroatoms. The fourth-order valence-electron chi connectivity index (χ4n) is 14.3. The number of hydrogen-bond acceptors (Lipinski definition) is 15. The number of nitrogens with one attached hydrogen (secondary N) is 3. The van der Waals surface area contributed by atoms with Crippen molar-refractivity contribution in [3.8, 4) is 0 Å². The number of benzene rings is 9. The van der Waals surface area contributed by atoms with E-state index in [1.807, 2.05) is 30.6 Å². The summed E-state index contributed by atoms with van der Waals surface area (Å²) in [5, 5.41) is 2.12. The first-order chi connectivity index (χ1) is 55.4. The van der Waals surface area contributed by atoms with Crippen LogP contribution in [0.25, 0.3) is 32.7 Å². The summed E-state index contributed by atoms with van der Waals surface area (Å²) >= 11 is 0. The van der Waals surface area contributed by atoms with E-state index in [1.165, 1.54) is 73.1 Å². The predicted molar refractivity (Wildman–Crippen MR) is 423 cm³/mol. The number of amides is 3. The van der Waals surface area contributed by atoms with Crippen LogP contribution in [0.15, 0.2) is 240 Å². The quantitative estimate of drug-likeness (QED) is 0.0410. The van der Waals surface area contributed by atoms with Crippen LogP contribution in [0.1, 0.15) is 68.5 Å². The number of halogens is 8. The van der Waals surface area contributed by atoms with Crippen molar-refractivity contribution in [2.24, 2.45) is 0 Å². The number of para-hydroxylation sites is 3. The van der Waals surface area contributed by atoms with E-state index >= 15 is 0 Å². The number of carbonyl (C=O) groups excluding carboxylic acids is 3. The third-order valence-corrected chi connectivity index (χ3v) is 24.3. The first-order valence-electron chi connectivity index (χ1n) is 36.7. The van der Waals surface area contributed by atoms with Crippen molar-refractivity contribution < 1.29 is 74.8 Å². The molecule has 0 radical (unpaired) electrons. The summed E-state index contributed by atoms with van der Waals surface area (Å²) in [6.45, 7) is 10.2. The van der Waals surface area contributed by atoms with Crippen LogP contribution < -0.4 is 14.2 Å². The van der Waals surface area contributed by atoms with Crippen molar-refractivity contribution in [1.29, 1.82) is 0 Å². The maximum absolute atomic E-state index is 14.1. The van der Waals surface area contributed by atoms with Gasteiger partial charge in [0.15, 0.2) is 29.1 Å². The first kappa shape index (κ1) is 82.2. The molecule has 9 aromatic carbocycles. The van der Waals surface area contributed by atoms with Crippen molar-refractivity contribution >= 4 is 97.6 Å². The average molecular weight is 1650 g/mol. The maximum Gasteiger partial charge on any atom is 0.264 e. The molecule has 3 amide bonds. The zero-order valence-corrected chi connectivity index (χ0v) is 65.0. The number of nitrogens with zero attached hydrogens (tertiary/aromatic N) is 9. The van der Waals surface area contributed by atoms with Crippen LogP contribution in [0.3, 0.4) is 0 Å². The van der Waals surface area contributed by atoms with Gasteiger partial charge in [0.05, 0.1) is 16.6 Å². The molecule has 0 spiro atoms. The second-order valence-electron chi connectivity index (χ2n) is 28.3. The van der Waals surface area contributed by atoms with E-state index < -0.39 is 76.6 Å². The number of pyridine rings is 3. The third kappa shape index (κ3) is 19.1. The molecule has 3 aliphatic rings. The van der Waals surface area contributed by atoms with Gasteiger partial charge in [0.1, 0.15) is 32.1 Å². The van der Waals surface area contributed by atoms with Gasteiger partial charge in [-0.25, -0.2) is 60.4 Å². The van der Waals surface area contributed by atoms with Gasteiger partial charge in [-0.1, -0.05) is 60.7 Å². The first-order valence-corrected chi connectivity index (χ1v) is 41.1. The van der Waals surface area contributed by atoms with Gasteiger partial charge in [-0.3, -0.25) is 58.2 Å². The highest BCUT2D eigenvalue weighted by Gasteiger charge is 2.33. The van der Waals surface area contributed by atoms with E-state index in [4.69, 9.17) is 0 Å². The maximum atomic E-state index is 14.1. The molecule has 3 atom stereocenters. The van der Waals surface area contributed by atoms with Gasteiger partial charge < -0.3 is 14.7 Å². The van der Waals surface area contributed by atoms with Crippen LogP contribution in [0.4, 0.5) is 52.2 Å². The Morgan fingerprint density at radius 2 is 0.690 bits per heavy atom. The van der Waals surface area contributed by atoms with Gasteiger partial charge in [0.2, 0.25) is 0 Å². The molecule has 116 heavy (non-hydrogen) atoms. The minimum Gasteiger partial charge on any atom is -0.333 e. The average Bonchev–Trinajstić information content (AvgIpc) is 0.744. The molecule has 3 saturated heterocycles. The Morgan fingerprint density at radius 1 is 0.353 bits per heavy atom. The van der Waals surface area contributed by atoms with Crippen LogP contribution >= 0.6 is 0 Å². The fraction of sp³-hybridized carbons (Fsp3) is 0.214. The Bertz CT molecular complexity index is 5830. The summed E-state index contributed by atoms with van der Waals surface area (Å²) < 4.78 is 195. The SMILES string of the molecule is C[C@@H]1CN(Cc2cc(F)c(F)cc2F)CCN1C(=O)c1ccc(NS(=O)(=O)c2cccc3cccnc23)cc1.C[C@@H]1CN(Cc2cc(F)cc(F)c2)CCN1C(=O)c1ccc(NS(=O)(=O)c2cccc3cccnc23)cc1.C[C@@H]1CN(Cc2ccc(F)c(F)c2F)CCN1C(=O)c1ccc(NS(=O)(=O)c2cccc3cccnc23)cc1. The molecule has 21 nitrogen and oxygen atoms in total. The molecular weight excluding hydrogens is 1570 g/mol. The normalized spacial score (nSPS) is 16.4. The molecule has 15 rings (SSSR count). The molecule has 3 aromatic heterocycles. The molecule has 3 aliphatic heterocycles. The lowest BCUT2D eigenvalue weighted by atomic mass is 10.1. The molecule has 3 N–H and O–H groups in total. The monoisotopic (exact) mass is 1640 g/mol. The van der Waals surface area contributed by atoms with Gasteiger partial charge in [-0.15, -0.1) is 0 Å². The van der Waals surface area contributed by atoms with Gasteiger partial charge >= 0.3 is 0 Å². The summed E-state index contributed by atoms with van der Waals surface area (Å²) in [6.07, 6.45) is 4.61. The summed E-state index contributed by atoms with van der Waals surface area (Å²) in [5.41, 5.74) is 3.89. The van der Waals surface area contributed by atoms with Crippen molar-refractivity contribution in [3.05, 3.63) is 305 Å². The molecule has 6 heterocycles. The van der Waals surface area contributed by atoms with Gasteiger partial charge in [0, 0.05) is 188 Å². The Kier molecular flexibility index (Phi) is 24.9. The van der Waals surface area contributed by atoms with Crippen LogP contribution in [0.5, 0.6) is 0 Å². The Labute approximate surface area is 664 Å². The highest BCUT2D eigenvalue weighted by Crippen LogP contribution is 2.31. The Hall–Kier alpha value is -11.8. The number of carbonyl (C=O) groups is 3. The molecule has 0 unspecified atom stereocenters. The molecule has 3 fully saturated rings. The van der Waals surface area contributed by atoms with Crippen LogP contribution in [0, 0.1) is 46.5 Å². The number of rotatable bonds is 18. The lowest BCUT2D eigenvalue weighted by molar-refractivity contribution is 0.0466. The standard InChI is InChI=1S/2C28H25F3N4O3S.C28H26F2N4O3S/c1-18-16-34(17-21-9-12-23(29)26(31)25(21)30)14-15-35(18)28(36)20-7-10-22(11-8-20)33-39(37,38)24-6-2-4-19-5-3-13-32-27(19)24;1-18-16-34(17-21-14-24(30)25(31)15-23(21)29)12-13-35(18)28(36)20-7-9-22(10-8-20)33-39(37,38)26-6-2-4-19-5-3-11-32-27(19)26;1-19-17-33(18-20-14-23(29)16-24(30)15-20)12-13-34(19)28(35)22-7-9-25(10-8-22)32-38(36,37)26-6-2-4-21-5-3-11-31-27(21)26/h2-13,18,33H,14-17H2,1H3;2-11,14-15,18,33H,12-13,16-17H2,1H3;2-11,14-16,19,32H,12-13,17-18H2,1H3/t2*18-;19-/m111/s1. The number of aromatic nitrogens is 3. The lowest BCUT2D eigenvalue weighted by Crippen LogP contribution is -2.53.